The van der Waals surface area contributed by atoms with Gasteiger partial charge in [-0.25, -0.2) is 4.39 Å². The van der Waals surface area contributed by atoms with Crippen molar-refractivity contribution in [1.82, 2.24) is 0 Å². The number of rotatable bonds is 4. The van der Waals surface area contributed by atoms with Crippen LogP contribution in [0.15, 0.2) is 36.4 Å². The highest BCUT2D eigenvalue weighted by Crippen LogP contribution is 2.37. The van der Waals surface area contributed by atoms with Crippen LogP contribution in [0, 0.1) is 22.9 Å². The second-order valence-corrected chi connectivity index (χ2v) is 4.75. The number of nitro benzene ring substituents is 1. The third kappa shape index (κ3) is 3.17. The maximum absolute atomic E-state index is 13.3. The number of hydrogen-bond acceptors (Lipinski definition) is 4. The zero-order valence-corrected chi connectivity index (χ0v) is 11.7. The van der Waals surface area contributed by atoms with Crippen LogP contribution in [0.5, 0.6) is 11.5 Å². The van der Waals surface area contributed by atoms with Crippen molar-refractivity contribution in [3.63, 3.8) is 0 Å². The van der Waals surface area contributed by atoms with Gasteiger partial charge in [0.2, 0.25) is 5.75 Å². The first-order valence-corrected chi connectivity index (χ1v) is 6.37. The molecule has 0 spiro atoms. The molecule has 1 atom stereocenters. The molecule has 0 unspecified atom stereocenters. The van der Waals surface area contributed by atoms with Crippen LogP contribution in [-0.4, -0.2) is 4.92 Å². The number of ether oxygens (including phenoxy) is 1. The summed E-state index contributed by atoms with van der Waals surface area (Å²) in [6, 6.07) is 8.10. The summed E-state index contributed by atoms with van der Waals surface area (Å²) in [6.45, 7) is 3.39. The average molecular weight is 290 g/mol. The van der Waals surface area contributed by atoms with Crippen molar-refractivity contribution < 1.29 is 14.1 Å². The van der Waals surface area contributed by atoms with E-state index in [0.717, 1.165) is 0 Å². The van der Waals surface area contributed by atoms with E-state index in [1.807, 2.05) is 0 Å². The Kier molecular flexibility index (Phi) is 4.18. The molecule has 5 nitrogen and oxygen atoms in total. The van der Waals surface area contributed by atoms with Crippen LogP contribution in [0.1, 0.15) is 24.1 Å². The van der Waals surface area contributed by atoms with E-state index in [1.165, 1.54) is 24.3 Å². The van der Waals surface area contributed by atoms with Gasteiger partial charge in [0.05, 0.1) is 4.92 Å². The SMILES string of the molecule is Cc1cccc([N+](=O)[O-])c1Oc1ccc(F)cc1[C@@H](C)N. The van der Waals surface area contributed by atoms with Gasteiger partial charge in [-0.3, -0.25) is 10.1 Å². The molecule has 0 saturated heterocycles. The van der Waals surface area contributed by atoms with E-state index in [4.69, 9.17) is 10.5 Å². The van der Waals surface area contributed by atoms with Crippen molar-refractivity contribution >= 4 is 5.69 Å². The lowest BCUT2D eigenvalue weighted by Crippen LogP contribution is -2.07. The zero-order chi connectivity index (χ0) is 15.6. The molecule has 2 aromatic carbocycles. The van der Waals surface area contributed by atoms with Crippen molar-refractivity contribution in [3.8, 4) is 11.5 Å². The first-order chi connectivity index (χ1) is 9.90. The highest BCUT2D eigenvalue weighted by molar-refractivity contribution is 5.54. The van der Waals surface area contributed by atoms with Crippen LogP contribution in [0.2, 0.25) is 0 Å². The van der Waals surface area contributed by atoms with Gasteiger partial charge in [0.25, 0.3) is 0 Å². The molecule has 0 bridgehead atoms. The number of hydrogen-bond donors (Lipinski definition) is 1. The fraction of sp³-hybridized carbons (Fsp3) is 0.200. The zero-order valence-electron chi connectivity index (χ0n) is 11.7. The first-order valence-electron chi connectivity index (χ1n) is 6.37. The van der Waals surface area contributed by atoms with Gasteiger partial charge in [0.15, 0.2) is 0 Å². The van der Waals surface area contributed by atoms with Crippen molar-refractivity contribution in [3.05, 3.63) is 63.5 Å². The number of para-hydroxylation sites is 1. The Labute approximate surface area is 121 Å². The number of nitrogens with two attached hydrogens (primary N) is 1. The lowest BCUT2D eigenvalue weighted by Gasteiger charge is -2.15. The molecular formula is C15H15FN2O3. The Morgan fingerprint density at radius 2 is 2.05 bits per heavy atom. The van der Waals surface area contributed by atoms with E-state index in [2.05, 4.69) is 0 Å². The highest BCUT2D eigenvalue weighted by atomic mass is 19.1. The van der Waals surface area contributed by atoms with E-state index in [0.29, 0.717) is 16.9 Å². The Hall–Kier alpha value is -2.47. The van der Waals surface area contributed by atoms with Gasteiger partial charge >= 0.3 is 5.69 Å². The Balaban J connectivity index is 2.51. The normalized spacial score (nSPS) is 12.0. The summed E-state index contributed by atoms with van der Waals surface area (Å²) in [4.78, 5) is 10.6. The molecular weight excluding hydrogens is 275 g/mol. The molecule has 6 heteroatoms. The third-order valence-corrected chi connectivity index (χ3v) is 3.06. The van der Waals surface area contributed by atoms with Gasteiger partial charge in [-0.05, 0) is 37.6 Å². The lowest BCUT2D eigenvalue weighted by molar-refractivity contribution is -0.385. The van der Waals surface area contributed by atoms with Crippen LogP contribution < -0.4 is 10.5 Å². The summed E-state index contributed by atoms with van der Waals surface area (Å²) >= 11 is 0. The Morgan fingerprint density at radius 3 is 2.67 bits per heavy atom. The second-order valence-electron chi connectivity index (χ2n) is 4.75. The van der Waals surface area contributed by atoms with Gasteiger partial charge in [0, 0.05) is 17.7 Å². The molecule has 0 aliphatic carbocycles. The molecule has 0 fully saturated rings. The molecule has 2 rings (SSSR count). The predicted octanol–water partition coefficient (Wildman–Crippen LogP) is 3.85. The summed E-state index contributed by atoms with van der Waals surface area (Å²) in [5.74, 6) is 0.00809. The molecule has 0 aliphatic rings. The molecule has 0 aliphatic heterocycles. The minimum absolute atomic E-state index is 0.135. The maximum Gasteiger partial charge on any atom is 0.311 e. The quantitative estimate of drug-likeness (QED) is 0.685. The second kappa shape index (κ2) is 5.88. The molecule has 0 radical (unpaired) electrons. The summed E-state index contributed by atoms with van der Waals surface area (Å²) < 4.78 is 19.0. The number of nitro groups is 1. The molecule has 0 aromatic heterocycles. The van der Waals surface area contributed by atoms with E-state index in [-0.39, 0.29) is 11.4 Å². The first kappa shape index (κ1) is 14.9. The van der Waals surface area contributed by atoms with Crippen molar-refractivity contribution in [2.45, 2.75) is 19.9 Å². The fourth-order valence-electron chi connectivity index (χ4n) is 1.99. The topological polar surface area (TPSA) is 78.4 Å². The summed E-state index contributed by atoms with van der Waals surface area (Å²) in [7, 11) is 0. The molecule has 0 saturated carbocycles. The van der Waals surface area contributed by atoms with E-state index in [9.17, 15) is 14.5 Å². The van der Waals surface area contributed by atoms with E-state index >= 15 is 0 Å². The summed E-state index contributed by atoms with van der Waals surface area (Å²) in [6.07, 6.45) is 0. The van der Waals surface area contributed by atoms with E-state index in [1.54, 1.807) is 26.0 Å². The van der Waals surface area contributed by atoms with Crippen molar-refractivity contribution in [1.29, 1.82) is 0 Å². The third-order valence-electron chi connectivity index (χ3n) is 3.06. The lowest BCUT2D eigenvalue weighted by atomic mass is 10.1. The monoisotopic (exact) mass is 290 g/mol. The fourth-order valence-corrected chi connectivity index (χ4v) is 1.99. The summed E-state index contributed by atoms with van der Waals surface area (Å²) in [5, 5.41) is 11.1. The minimum atomic E-state index is -0.516. The number of aryl methyl sites for hydroxylation is 1. The minimum Gasteiger partial charge on any atom is -0.449 e. The van der Waals surface area contributed by atoms with Gasteiger partial charge in [-0.15, -0.1) is 0 Å². The average Bonchev–Trinajstić information content (AvgIpc) is 2.42. The number of halogens is 1. The standard InChI is InChI=1S/C15H15FN2O3/c1-9-4-3-5-13(18(19)20)15(9)21-14-7-6-11(16)8-12(14)10(2)17/h3-8,10H,17H2,1-2H3/t10-/m1/s1. The largest absolute Gasteiger partial charge is 0.449 e. The van der Waals surface area contributed by atoms with Crippen LogP contribution in [0.25, 0.3) is 0 Å². The van der Waals surface area contributed by atoms with Crippen LogP contribution in [-0.2, 0) is 0 Å². The molecule has 0 heterocycles. The van der Waals surface area contributed by atoms with E-state index < -0.39 is 16.8 Å². The smallest absolute Gasteiger partial charge is 0.311 e. The highest BCUT2D eigenvalue weighted by Gasteiger charge is 2.20. The van der Waals surface area contributed by atoms with Crippen LogP contribution in [0.3, 0.4) is 0 Å². The molecule has 0 amide bonds. The molecule has 110 valence electrons. The van der Waals surface area contributed by atoms with Crippen molar-refractivity contribution in [2.24, 2.45) is 5.73 Å². The van der Waals surface area contributed by atoms with Crippen LogP contribution >= 0.6 is 0 Å². The molecule has 21 heavy (non-hydrogen) atoms. The number of nitrogens with zero attached hydrogens (tertiary/aromatic N) is 1. The molecule has 2 aromatic rings. The van der Waals surface area contributed by atoms with Gasteiger partial charge in [0.1, 0.15) is 11.6 Å². The predicted molar refractivity (Wildman–Crippen MR) is 76.9 cm³/mol. The Bertz CT molecular complexity index is 687. The van der Waals surface area contributed by atoms with Gasteiger partial charge in [-0.2, -0.15) is 0 Å². The van der Waals surface area contributed by atoms with Crippen LogP contribution in [0.4, 0.5) is 10.1 Å². The number of benzene rings is 2. The Morgan fingerprint density at radius 1 is 1.33 bits per heavy atom. The van der Waals surface area contributed by atoms with Gasteiger partial charge in [-0.1, -0.05) is 12.1 Å². The van der Waals surface area contributed by atoms with Crippen molar-refractivity contribution in [2.75, 3.05) is 0 Å². The maximum atomic E-state index is 13.3. The summed E-state index contributed by atoms with van der Waals surface area (Å²) in [5.41, 5.74) is 6.72. The molecule has 2 N–H and O–H groups in total. The van der Waals surface area contributed by atoms with Gasteiger partial charge < -0.3 is 10.5 Å².